The van der Waals surface area contributed by atoms with E-state index in [-0.39, 0.29) is 5.41 Å². The largest absolute Gasteiger partial charge is 0.455 e. The first kappa shape index (κ1) is 15.4. The Kier molecular flexibility index (Phi) is 4.51. The van der Waals surface area contributed by atoms with Crippen LogP contribution < -0.4 is 10.1 Å². The number of nitrogens with one attached hydrogen (secondary N) is 1. The molecule has 0 fully saturated rings. The number of pyridine rings is 1. The van der Waals surface area contributed by atoms with Crippen LogP contribution in [0, 0.1) is 6.92 Å². The number of anilines is 1. The summed E-state index contributed by atoms with van der Waals surface area (Å²) in [7, 11) is 0. The monoisotopic (exact) mass is 284 g/mol. The minimum absolute atomic E-state index is 0.0374. The summed E-state index contributed by atoms with van der Waals surface area (Å²) in [6, 6.07) is 8.33. The molecule has 3 heteroatoms. The van der Waals surface area contributed by atoms with Gasteiger partial charge in [-0.1, -0.05) is 32.9 Å². The van der Waals surface area contributed by atoms with Crippen LogP contribution in [0.4, 0.5) is 5.69 Å². The van der Waals surface area contributed by atoms with E-state index in [4.69, 9.17) is 4.74 Å². The molecule has 0 unspecified atom stereocenters. The first-order chi connectivity index (χ1) is 9.90. The zero-order valence-corrected chi connectivity index (χ0v) is 13.5. The molecule has 0 saturated carbocycles. The first-order valence-electron chi connectivity index (χ1n) is 7.38. The molecular formula is C18H24N2O. The zero-order chi connectivity index (χ0) is 15.5. The van der Waals surface area contributed by atoms with Gasteiger partial charge >= 0.3 is 0 Å². The van der Waals surface area contributed by atoms with Crippen LogP contribution >= 0.6 is 0 Å². The molecule has 1 heterocycles. The van der Waals surface area contributed by atoms with E-state index in [9.17, 15) is 0 Å². The predicted octanol–water partition coefficient (Wildman–Crippen LogP) is 4.91. The summed E-state index contributed by atoms with van der Waals surface area (Å²) in [5.74, 6) is 1.66. The molecule has 3 nitrogen and oxygen atoms in total. The zero-order valence-electron chi connectivity index (χ0n) is 13.5. The Bertz CT molecular complexity index is 615. The number of hydrogen-bond acceptors (Lipinski definition) is 3. The lowest BCUT2D eigenvalue weighted by Crippen LogP contribution is -2.12. The molecule has 1 aromatic carbocycles. The molecule has 0 spiro atoms. The lowest BCUT2D eigenvalue weighted by Gasteiger charge is -2.23. The second-order valence-corrected chi connectivity index (χ2v) is 6.29. The number of nitrogens with zero attached hydrogens (tertiary/aromatic N) is 1. The highest BCUT2D eigenvalue weighted by Gasteiger charge is 2.19. The Balaban J connectivity index is 2.34. The molecule has 1 N–H and O–H groups in total. The Hall–Kier alpha value is -2.03. The quantitative estimate of drug-likeness (QED) is 0.866. The Labute approximate surface area is 127 Å². The van der Waals surface area contributed by atoms with Gasteiger partial charge in [-0.2, -0.15) is 0 Å². The molecule has 0 aliphatic rings. The third kappa shape index (κ3) is 3.97. The third-order valence-corrected chi connectivity index (χ3v) is 3.27. The summed E-state index contributed by atoms with van der Waals surface area (Å²) in [5, 5.41) is 3.25. The van der Waals surface area contributed by atoms with E-state index in [1.807, 2.05) is 6.07 Å². The van der Waals surface area contributed by atoms with Crippen molar-refractivity contribution in [1.29, 1.82) is 0 Å². The highest BCUT2D eigenvalue weighted by Crippen LogP contribution is 2.35. The van der Waals surface area contributed by atoms with E-state index in [0.717, 1.165) is 23.7 Å². The number of hydrogen-bond donors (Lipinski definition) is 1. The van der Waals surface area contributed by atoms with Crippen molar-refractivity contribution < 1.29 is 4.74 Å². The average molecular weight is 284 g/mol. The van der Waals surface area contributed by atoms with Crippen LogP contribution in [0.1, 0.15) is 38.8 Å². The lowest BCUT2D eigenvalue weighted by molar-refractivity contribution is 0.453. The summed E-state index contributed by atoms with van der Waals surface area (Å²) >= 11 is 0. The van der Waals surface area contributed by atoms with Gasteiger partial charge in [-0.05, 0) is 30.9 Å². The lowest BCUT2D eigenvalue weighted by atomic mass is 9.86. The topological polar surface area (TPSA) is 34.2 Å². The molecule has 112 valence electrons. The van der Waals surface area contributed by atoms with Gasteiger partial charge in [-0.15, -0.1) is 0 Å². The second kappa shape index (κ2) is 6.17. The SMILES string of the molecule is CCNc1cncc(Oc2cc(C)ccc2C(C)(C)C)c1. The van der Waals surface area contributed by atoms with Crippen molar-refractivity contribution >= 4 is 5.69 Å². The van der Waals surface area contributed by atoms with E-state index in [0.29, 0.717) is 0 Å². The highest BCUT2D eigenvalue weighted by atomic mass is 16.5. The maximum Gasteiger partial charge on any atom is 0.147 e. The molecule has 0 bridgehead atoms. The average Bonchev–Trinajstić information content (AvgIpc) is 2.38. The molecule has 2 aromatic rings. The number of rotatable bonds is 4. The van der Waals surface area contributed by atoms with E-state index in [2.05, 4.69) is 63.1 Å². The molecule has 0 radical (unpaired) electrons. The Morgan fingerprint density at radius 1 is 1.14 bits per heavy atom. The Morgan fingerprint density at radius 2 is 1.90 bits per heavy atom. The molecular weight excluding hydrogens is 260 g/mol. The molecule has 0 aliphatic heterocycles. The maximum absolute atomic E-state index is 6.10. The van der Waals surface area contributed by atoms with Crippen molar-refractivity contribution in [3.8, 4) is 11.5 Å². The summed E-state index contributed by atoms with van der Waals surface area (Å²) in [6.07, 6.45) is 3.55. The van der Waals surface area contributed by atoms with Crippen molar-refractivity contribution in [2.75, 3.05) is 11.9 Å². The third-order valence-electron chi connectivity index (χ3n) is 3.27. The van der Waals surface area contributed by atoms with Crippen LogP contribution in [-0.4, -0.2) is 11.5 Å². The maximum atomic E-state index is 6.10. The summed E-state index contributed by atoms with van der Waals surface area (Å²) < 4.78 is 6.10. The van der Waals surface area contributed by atoms with Crippen molar-refractivity contribution in [2.45, 2.75) is 40.0 Å². The van der Waals surface area contributed by atoms with Gasteiger partial charge in [-0.25, -0.2) is 0 Å². The molecule has 0 saturated heterocycles. The van der Waals surface area contributed by atoms with Crippen LogP contribution in [0.25, 0.3) is 0 Å². The highest BCUT2D eigenvalue weighted by molar-refractivity contribution is 5.48. The number of ether oxygens (including phenoxy) is 1. The van der Waals surface area contributed by atoms with Gasteiger partial charge in [-0.3, -0.25) is 4.98 Å². The van der Waals surface area contributed by atoms with Gasteiger partial charge in [0, 0.05) is 18.2 Å². The van der Waals surface area contributed by atoms with Gasteiger partial charge < -0.3 is 10.1 Å². The normalized spacial score (nSPS) is 11.3. The number of aromatic nitrogens is 1. The van der Waals surface area contributed by atoms with E-state index >= 15 is 0 Å². The fourth-order valence-electron chi connectivity index (χ4n) is 2.24. The van der Waals surface area contributed by atoms with Gasteiger partial charge in [0.15, 0.2) is 0 Å². The van der Waals surface area contributed by atoms with Gasteiger partial charge in [0.1, 0.15) is 11.5 Å². The molecule has 0 amide bonds. The summed E-state index contributed by atoms with van der Waals surface area (Å²) in [6.45, 7) is 11.6. The van der Waals surface area contributed by atoms with Crippen molar-refractivity contribution in [1.82, 2.24) is 4.98 Å². The van der Waals surface area contributed by atoms with Crippen molar-refractivity contribution in [3.63, 3.8) is 0 Å². The van der Waals surface area contributed by atoms with Crippen LogP contribution in [0.2, 0.25) is 0 Å². The van der Waals surface area contributed by atoms with Crippen molar-refractivity contribution in [3.05, 3.63) is 47.8 Å². The minimum Gasteiger partial charge on any atom is -0.455 e. The van der Waals surface area contributed by atoms with Crippen LogP contribution in [-0.2, 0) is 5.41 Å². The van der Waals surface area contributed by atoms with Gasteiger partial charge in [0.2, 0.25) is 0 Å². The molecule has 0 aliphatic carbocycles. The predicted molar refractivity (Wildman–Crippen MR) is 88.4 cm³/mol. The number of benzene rings is 1. The fourth-order valence-corrected chi connectivity index (χ4v) is 2.24. The van der Waals surface area contributed by atoms with E-state index in [1.165, 1.54) is 11.1 Å². The van der Waals surface area contributed by atoms with Gasteiger partial charge in [0.05, 0.1) is 18.1 Å². The van der Waals surface area contributed by atoms with E-state index in [1.54, 1.807) is 12.4 Å². The molecule has 1 aromatic heterocycles. The van der Waals surface area contributed by atoms with Crippen LogP contribution in [0.15, 0.2) is 36.7 Å². The van der Waals surface area contributed by atoms with Crippen molar-refractivity contribution in [2.24, 2.45) is 0 Å². The summed E-state index contributed by atoms with van der Waals surface area (Å²) in [5.41, 5.74) is 3.39. The molecule has 0 atom stereocenters. The Morgan fingerprint density at radius 3 is 2.57 bits per heavy atom. The molecule has 21 heavy (non-hydrogen) atoms. The smallest absolute Gasteiger partial charge is 0.147 e. The van der Waals surface area contributed by atoms with E-state index < -0.39 is 0 Å². The molecule has 2 rings (SSSR count). The number of aryl methyl sites for hydroxylation is 1. The second-order valence-electron chi connectivity index (χ2n) is 6.29. The van der Waals surface area contributed by atoms with Crippen LogP contribution in [0.3, 0.4) is 0 Å². The van der Waals surface area contributed by atoms with Crippen LogP contribution in [0.5, 0.6) is 11.5 Å². The minimum atomic E-state index is 0.0374. The summed E-state index contributed by atoms with van der Waals surface area (Å²) in [4.78, 5) is 4.23. The fraction of sp³-hybridized carbons (Fsp3) is 0.389. The van der Waals surface area contributed by atoms with Gasteiger partial charge in [0.25, 0.3) is 0 Å². The standard InChI is InChI=1S/C18H24N2O/c1-6-20-14-10-15(12-19-11-14)21-17-9-13(2)7-8-16(17)18(3,4)5/h7-12,20H,6H2,1-5H3. The first-order valence-corrected chi connectivity index (χ1v) is 7.38.